The van der Waals surface area contributed by atoms with Crippen LogP contribution in [-0.2, 0) is 23.8 Å². The van der Waals surface area contributed by atoms with Crippen LogP contribution in [0.1, 0.15) is 46.5 Å². The molecule has 29 heavy (non-hydrogen) atoms. The van der Waals surface area contributed by atoms with Gasteiger partial charge in [0.2, 0.25) is 5.79 Å². The second kappa shape index (κ2) is 4.96. The van der Waals surface area contributed by atoms with Gasteiger partial charge in [-0.25, -0.2) is 0 Å². The minimum atomic E-state index is -2.07. The van der Waals surface area contributed by atoms with Crippen LogP contribution in [0.3, 0.4) is 0 Å². The summed E-state index contributed by atoms with van der Waals surface area (Å²) in [5.41, 5.74) is -2.09. The maximum Gasteiger partial charge on any atom is 0.302 e. The molecule has 4 saturated carbocycles. The SMILES string of the molecule is C=C1C(=O)C23C4OC5OC2(O)C(O)C2C(C)(C)CCCC52C3C(OC(C)=O)CC14. The van der Waals surface area contributed by atoms with Crippen molar-refractivity contribution in [3.8, 4) is 0 Å². The van der Waals surface area contributed by atoms with Gasteiger partial charge in [0.15, 0.2) is 12.1 Å². The fourth-order valence-electron chi connectivity index (χ4n) is 8.79. The molecule has 0 aromatic rings. The molecule has 8 aliphatic rings. The number of carbonyl (C=O) groups excluding carboxylic acids is 2. The lowest BCUT2D eigenvalue weighted by Crippen LogP contribution is -2.91. The Hall–Kier alpha value is -1.28. The first-order chi connectivity index (χ1) is 13.5. The van der Waals surface area contributed by atoms with Gasteiger partial charge in [-0.1, -0.05) is 26.8 Å². The van der Waals surface area contributed by atoms with Gasteiger partial charge in [-0.3, -0.25) is 9.59 Å². The van der Waals surface area contributed by atoms with Crippen LogP contribution in [0.15, 0.2) is 12.2 Å². The Labute approximate surface area is 169 Å². The smallest absolute Gasteiger partial charge is 0.302 e. The third-order valence-electron chi connectivity index (χ3n) is 9.33. The highest BCUT2D eigenvalue weighted by atomic mass is 16.8. The lowest BCUT2D eigenvalue weighted by atomic mass is 9.34. The van der Waals surface area contributed by atoms with E-state index >= 15 is 0 Å². The van der Waals surface area contributed by atoms with Gasteiger partial charge in [0.1, 0.15) is 17.6 Å². The van der Waals surface area contributed by atoms with E-state index < -0.39 is 53.1 Å². The minimum absolute atomic E-state index is 0.290. The van der Waals surface area contributed by atoms with Gasteiger partial charge in [0, 0.05) is 30.1 Å². The Balaban J connectivity index is 1.67. The van der Waals surface area contributed by atoms with E-state index in [1.165, 1.54) is 6.92 Å². The summed E-state index contributed by atoms with van der Waals surface area (Å²) in [6, 6.07) is 0. The number of ketones is 1. The van der Waals surface area contributed by atoms with Crippen LogP contribution in [0.5, 0.6) is 0 Å². The van der Waals surface area contributed by atoms with Crippen molar-refractivity contribution in [1.82, 2.24) is 0 Å². The Kier molecular flexibility index (Phi) is 3.16. The van der Waals surface area contributed by atoms with E-state index in [1.807, 2.05) is 0 Å². The highest BCUT2D eigenvalue weighted by Gasteiger charge is 2.93. The standard InChI is InChI=1S/C22H28O7/c1-9-11-8-12(27-10(2)23)13-20-7-5-6-19(3,4)14(20)16(25)22(26)21(13,15(9)24)17(11)28-18(20)29-22/h11-14,16-18,25-26H,1,5-8H2,2-4H3. The number of esters is 1. The molecule has 0 amide bonds. The van der Waals surface area contributed by atoms with E-state index in [0.29, 0.717) is 18.4 Å². The summed E-state index contributed by atoms with van der Waals surface area (Å²) in [6.07, 6.45) is -0.170. The van der Waals surface area contributed by atoms with Crippen LogP contribution in [0.25, 0.3) is 0 Å². The summed E-state index contributed by atoms with van der Waals surface area (Å²) < 4.78 is 18.3. The topological polar surface area (TPSA) is 102 Å². The molecule has 7 bridgehead atoms. The largest absolute Gasteiger partial charge is 0.462 e. The monoisotopic (exact) mass is 404 g/mol. The molecule has 2 N–H and O–H groups in total. The predicted molar refractivity (Wildman–Crippen MR) is 98.0 cm³/mol. The molecule has 4 saturated heterocycles. The zero-order chi connectivity index (χ0) is 20.7. The lowest BCUT2D eigenvalue weighted by Gasteiger charge is -2.79. The van der Waals surface area contributed by atoms with Crippen molar-refractivity contribution in [2.45, 2.75) is 76.8 Å². The van der Waals surface area contributed by atoms with Crippen LogP contribution < -0.4 is 0 Å². The molecule has 4 heterocycles. The van der Waals surface area contributed by atoms with Crippen LogP contribution in [0, 0.1) is 34.0 Å². The molecule has 4 aliphatic heterocycles. The Morgan fingerprint density at radius 2 is 2.00 bits per heavy atom. The van der Waals surface area contributed by atoms with Crippen molar-refractivity contribution in [2.75, 3.05) is 0 Å². The molecular formula is C22H28O7. The Bertz CT molecular complexity index is 865. The first kappa shape index (κ1) is 18.5. The Morgan fingerprint density at radius 3 is 2.69 bits per heavy atom. The summed E-state index contributed by atoms with van der Waals surface area (Å²) in [5, 5.41) is 23.4. The molecule has 7 heteroatoms. The van der Waals surface area contributed by atoms with Gasteiger partial charge in [-0.2, -0.15) is 0 Å². The zero-order valence-electron chi connectivity index (χ0n) is 17.0. The number of aliphatic hydroxyl groups excluding tert-OH is 1. The van der Waals surface area contributed by atoms with E-state index in [-0.39, 0.29) is 23.0 Å². The summed E-state index contributed by atoms with van der Waals surface area (Å²) in [4.78, 5) is 25.7. The van der Waals surface area contributed by atoms with Gasteiger partial charge >= 0.3 is 5.97 Å². The van der Waals surface area contributed by atoms with E-state index in [2.05, 4.69) is 20.4 Å². The van der Waals surface area contributed by atoms with E-state index in [1.54, 1.807) is 0 Å². The maximum atomic E-state index is 13.7. The van der Waals surface area contributed by atoms with Crippen molar-refractivity contribution >= 4 is 11.8 Å². The molecule has 0 aromatic carbocycles. The van der Waals surface area contributed by atoms with Gasteiger partial charge < -0.3 is 24.4 Å². The van der Waals surface area contributed by atoms with Crippen LogP contribution in [0.4, 0.5) is 0 Å². The molecule has 8 rings (SSSR count). The average Bonchev–Trinajstić information content (AvgIpc) is 2.76. The van der Waals surface area contributed by atoms with Gasteiger partial charge in [-0.15, -0.1) is 0 Å². The molecule has 10 unspecified atom stereocenters. The summed E-state index contributed by atoms with van der Waals surface area (Å²) in [6.45, 7) is 9.58. The fraction of sp³-hybridized carbons (Fsp3) is 0.818. The van der Waals surface area contributed by atoms with Crippen LogP contribution >= 0.6 is 0 Å². The number of rotatable bonds is 1. The van der Waals surface area contributed by atoms with Crippen molar-refractivity contribution in [2.24, 2.45) is 34.0 Å². The Morgan fingerprint density at radius 1 is 1.28 bits per heavy atom. The molecule has 4 aliphatic carbocycles. The van der Waals surface area contributed by atoms with Crippen LogP contribution in [-0.4, -0.2) is 52.4 Å². The predicted octanol–water partition coefficient (Wildman–Crippen LogP) is 1.31. The van der Waals surface area contributed by atoms with Crippen molar-refractivity contribution < 1.29 is 34.0 Å². The van der Waals surface area contributed by atoms with Crippen molar-refractivity contribution in [3.63, 3.8) is 0 Å². The van der Waals surface area contributed by atoms with E-state index in [9.17, 15) is 19.8 Å². The molecule has 0 radical (unpaired) electrons. The number of hydrogen-bond acceptors (Lipinski definition) is 7. The molecule has 10 atom stereocenters. The average molecular weight is 404 g/mol. The number of hydrogen-bond donors (Lipinski definition) is 2. The molecular weight excluding hydrogens is 376 g/mol. The van der Waals surface area contributed by atoms with E-state index in [0.717, 1.165) is 12.8 Å². The fourth-order valence-corrected chi connectivity index (χ4v) is 8.79. The van der Waals surface area contributed by atoms with Gasteiger partial charge in [0.25, 0.3) is 0 Å². The lowest BCUT2D eigenvalue weighted by molar-refractivity contribution is -0.554. The molecule has 0 aromatic heterocycles. The van der Waals surface area contributed by atoms with Crippen LogP contribution in [0.2, 0.25) is 0 Å². The van der Waals surface area contributed by atoms with Gasteiger partial charge in [-0.05, 0) is 30.3 Å². The summed E-state index contributed by atoms with van der Waals surface area (Å²) >= 11 is 0. The maximum absolute atomic E-state index is 13.7. The van der Waals surface area contributed by atoms with Gasteiger partial charge in [0.05, 0.1) is 6.10 Å². The highest BCUT2D eigenvalue weighted by Crippen LogP contribution is 2.81. The van der Waals surface area contributed by atoms with Crippen molar-refractivity contribution in [1.29, 1.82) is 0 Å². The van der Waals surface area contributed by atoms with Crippen molar-refractivity contribution in [3.05, 3.63) is 12.2 Å². The molecule has 2 spiro atoms. The number of carbonyl (C=O) groups is 2. The third-order valence-corrected chi connectivity index (χ3v) is 9.33. The number of aliphatic hydroxyl groups is 2. The minimum Gasteiger partial charge on any atom is -0.462 e. The first-order valence-electron chi connectivity index (χ1n) is 10.7. The number of ether oxygens (including phenoxy) is 3. The summed E-state index contributed by atoms with van der Waals surface area (Å²) in [5.74, 6) is -3.92. The van der Waals surface area contributed by atoms with E-state index in [4.69, 9.17) is 14.2 Å². The first-order valence-corrected chi connectivity index (χ1v) is 10.7. The second-order valence-corrected chi connectivity index (χ2v) is 10.8. The quantitative estimate of drug-likeness (QED) is 0.502. The molecule has 7 nitrogen and oxygen atoms in total. The second-order valence-electron chi connectivity index (χ2n) is 10.8. The zero-order valence-corrected chi connectivity index (χ0v) is 17.0. The molecule has 158 valence electrons. The highest BCUT2D eigenvalue weighted by molar-refractivity contribution is 6.05. The normalized spacial score (nSPS) is 58.3. The summed E-state index contributed by atoms with van der Waals surface area (Å²) in [7, 11) is 0. The third kappa shape index (κ3) is 1.61. The number of Topliss-reactive ketones (excluding diaryl/α,β-unsaturated/α-hetero) is 1. The molecule has 8 fully saturated rings.